The molecule has 4 aromatic heterocycles. The smallest absolute Gasteiger partial charge is 0.0654 e. The Morgan fingerprint density at radius 1 is 0.343 bits per heavy atom. The van der Waals surface area contributed by atoms with Crippen molar-refractivity contribution in [2.75, 3.05) is 0 Å². The molecule has 0 aliphatic carbocycles. The zero-order valence-electron chi connectivity index (χ0n) is 44.9. The minimum Gasteiger partial charge on any atom is -0.0654 e. The molecule has 0 radical (unpaired) electrons. The van der Waals surface area contributed by atoms with Gasteiger partial charge in [0.15, 0.2) is 0 Å². The second kappa shape index (κ2) is 32.4. The molecular weight excluding hydrogens is 992 g/mol. The van der Waals surface area contributed by atoms with Crippen molar-refractivity contribution in [1.82, 2.24) is 0 Å². The van der Waals surface area contributed by atoms with E-state index in [1.807, 2.05) is 0 Å². The Bertz CT molecular complexity index is 1870. The first-order chi connectivity index (χ1) is 32.7. The second-order valence-corrected chi connectivity index (χ2v) is 42.0. The van der Waals surface area contributed by atoms with Crippen molar-refractivity contribution in [2.24, 2.45) is 0 Å². The van der Waals surface area contributed by atoms with Gasteiger partial charge in [0.25, 0.3) is 0 Å². The maximum atomic E-state index is 2.75. The van der Waals surface area contributed by atoms with Gasteiger partial charge < -0.3 is 0 Å². The number of fused-ring (bicyclic) bond motifs is 2. The van der Waals surface area contributed by atoms with Gasteiger partial charge in [-0.05, 0) is 0 Å². The molecule has 0 bridgehead atoms. The first-order valence-electron chi connectivity index (χ1n) is 28.9. The monoisotopic (exact) mass is 1090 g/mol. The summed E-state index contributed by atoms with van der Waals surface area (Å²) >= 11 is 6.28. The standard InChI is InChI=1S/C59H91S4.3CH3.Sn/c1-6-10-14-18-22-26-30-34-38-48-45-54(62-52(48)40-36-32-28-24-20-16-12-8-3)56-50-42-43-60-58(50)57(51-44-47(5)61-59(51)56)55-46-49(39-35-31-27-23-19-15-11-7-2)53(63-55)41-37-33-29-25-21-17-13-9-4;;;;/h42,44-46H,6-41H2,1-5H3;3*1H3;. The molecule has 5 aromatic rings. The third-order valence-electron chi connectivity index (χ3n) is 14.7. The Balaban J connectivity index is 1.49. The molecule has 0 fully saturated rings. The second-order valence-electron chi connectivity index (χ2n) is 22.0. The predicted octanol–water partition coefficient (Wildman–Crippen LogP) is 23.2. The molecule has 0 saturated carbocycles. The number of hydrogen-bond acceptors (Lipinski definition) is 4. The predicted molar refractivity (Wildman–Crippen MR) is 317 cm³/mol. The van der Waals surface area contributed by atoms with Crippen LogP contribution in [0.1, 0.15) is 259 Å². The van der Waals surface area contributed by atoms with Gasteiger partial charge in [0.1, 0.15) is 0 Å². The van der Waals surface area contributed by atoms with Gasteiger partial charge >= 0.3 is 308 Å². The molecule has 0 nitrogen and oxygen atoms in total. The number of hydrogen-bond donors (Lipinski definition) is 0. The fourth-order valence-electron chi connectivity index (χ4n) is 10.5. The van der Waals surface area contributed by atoms with Gasteiger partial charge in [0, 0.05) is 0 Å². The Labute approximate surface area is 434 Å². The number of unbranched alkanes of at least 4 members (excludes halogenated alkanes) is 28. The summed E-state index contributed by atoms with van der Waals surface area (Å²) in [6.45, 7) is 11.7. The Kier molecular flexibility index (Phi) is 27.7. The molecular formula is C62H100S4Sn. The van der Waals surface area contributed by atoms with E-state index in [1.54, 1.807) is 64.8 Å². The van der Waals surface area contributed by atoms with E-state index in [1.165, 1.54) is 236 Å². The summed E-state index contributed by atoms with van der Waals surface area (Å²) in [4.78, 5) is 16.0. The zero-order valence-corrected chi connectivity index (χ0v) is 51.0. The van der Waals surface area contributed by atoms with Crippen LogP contribution in [-0.2, 0) is 25.7 Å². The van der Waals surface area contributed by atoms with Crippen LogP contribution in [0.2, 0.25) is 14.8 Å². The van der Waals surface area contributed by atoms with Crippen molar-refractivity contribution >= 4 is 86.8 Å². The number of rotatable bonds is 39. The van der Waals surface area contributed by atoms with Gasteiger partial charge in [-0.1, -0.05) is 130 Å². The summed E-state index contributed by atoms with van der Waals surface area (Å²) < 4.78 is 4.91. The van der Waals surface area contributed by atoms with Crippen molar-refractivity contribution in [3.63, 3.8) is 0 Å². The van der Waals surface area contributed by atoms with E-state index in [2.05, 4.69) is 119 Å². The van der Waals surface area contributed by atoms with Gasteiger partial charge in [0.2, 0.25) is 0 Å². The first-order valence-corrected chi connectivity index (χ1v) is 42.2. The average molecular weight is 1090 g/mol. The summed E-state index contributed by atoms with van der Waals surface area (Å²) in [5.74, 6) is 0. The van der Waals surface area contributed by atoms with E-state index in [0.29, 0.717) is 0 Å². The summed E-state index contributed by atoms with van der Waals surface area (Å²) in [7, 11) is 0. The molecule has 0 atom stereocenters. The van der Waals surface area contributed by atoms with Crippen LogP contribution in [0.15, 0.2) is 24.3 Å². The van der Waals surface area contributed by atoms with Crippen molar-refractivity contribution in [2.45, 2.75) is 281 Å². The Morgan fingerprint density at radius 3 is 1.01 bits per heavy atom. The van der Waals surface area contributed by atoms with E-state index in [9.17, 15) is 0 Å². The Hall–Kier alpha value is -0.661. The van der Waals surface area contributed by atoms with Crippen molar-refractivity contribution in [1.29, 1.82) is 0 Å². The fraction of sp³-hybridized carbons (Fsp3) is 0.710. The summed E-state index contributed by atoms with van der Waals surface area (Å²) in [5.41, 5.74) is 6.55. The van der Waals surface area contributed by atoms with Crippen molar-refractivity contribution < 1.29 is 0 Å². The van der Waals surface area contributed by atoms with Gasteiger partial charge in [0.05, 0.1) is 0 Å². The van der Waals surface area contributed by atoms with Gasteiger partial charge in [-0.15, -0.1) is 0 Å². The normalized spacial score (nSPS) is 12.2. The maximum absolute atomic E-state index is 2.75. The third kappa shape index (κ3) is 19.0. The molecule has 0 aliphatic rings. The topological polar surface area (TPSA) is 0 Å². The van der Waals surface area contributed by atoms with Crippen LogP contribution in [0.5, 0.6) is 0 Å². The number of thiophene rings is 4. The minimum absolute atomic E-state index is 1.26. The van der Waals surface area contributed by atoms with Gasteiger partial charge in [-0.3, -0.25) is 0 Å². The zero-order chi connectivity index (χ0) is 47.7. The van der Waals surface area contributed by atoms with E-state index in [0.717, 1.165) is 0 Å². The molecule has 0 saturated heterocycles. The molecule has 5 heteroatoms. The van der Waals surface area contributed by atoms with Crippen LogP contribution in [0.4, 0.5) is 0 Å². The van der Waals surface area contributed by atoms with Crippen molar-refractivity contribution in [3.05, 3.63) is 50.0 Å². The van der Waals surface area contributed by atoms with Crippen molar-refractivity contribution in [3.8, 4) is 20.9 Å². The van der Waals surface area contributed by atoms with Crippen LogP contribution in [-0.4, -0.2) is 18.4 Å². The van der Waals surface area contributed by atoms with E-state index in [-0.39, 0.29) is 0 Å². The molecule has 0 N–H and O–H groups in total. The van der Waals surface area contributed by atoms with Gasteiger partial charge in [-0.2, -0.15) is 0 Å². The van der Waals surface area contributed by atoms with Crippen LogP contribution in [0.25, 0.3) is 41.1 Å². The fourth-order valence-corrected chi connectivity index (χ4v) is 20.8. The number of benzene rings is 1. The van der Waals surface area contributed by atoms with E-state index < -0.39 is 18.4 Å². The average Bonchev–Trinajstić information content (AvgIpc) is 4.12. The molecule has 0 aliphatic heterocycles. The third-order valence-corrected chi connectivity index (χ3v) is 28.9. The first kappa shape index (κ1) is 57.2. The summed E-state index contributed by atoms with van der Waals surface area (Å²) in [6, 6.07) is 10.8. The van der Waals surface area contributed by atoms with Gasteiger partial charge in [-0.25, -0.2) is 0 Å². The molecule has 0 unspecified atom stereocenters. The quantitative estimate of drug-likeness (QED) is 0.0272. The molecule has 0 spiro atoms. The molecule has 5 rings (SSSR count). The van der Waals surface area contributed by atoms with Crippen LogP contribution >= 0.6 is 45.3 Å². The summed E-state index contributed by atoms with van der Waals surface area (Å²) in [5, 5.41) is 3.13. The van der Waals surface area contributed by atoms with Crippen LogP contribution in [0.3, 0.4) is 0 Å². The van der Waals surface area contributed by atoms with E-state index in [4.69, 9.17) is 0 Å². The molecule has 376 valence electrons. The molecule has 0 amide bonds. The number of aryl methyl sites for hydroxylation is 5. The SMILES string of the molecule is CCCCCCCCCCc1cc(-c2c3c[c]([Sn]([CH3])([CH3])[CH3])sc3c(-c3cc(CCCCCCCCCC)c(CCCCCCCCCC)s3)c3cc(C)sc23)sc1CCCCCCCCCC. The van der Waals surface area contributed by atoms with E-state index >= 15 is 0 Å². The minimum atomic E-state index is -2.41. The van der Waals surface area contributed by atoms with Crippen LogP contribution < -0.4 is 2.89 Å². The molecule has 1 aromatic carbocycles. The van der Waals surface area contributed by atoms with Crippen LogP contribution in [0, 0.1) is 6.92 Å². The Morgan fingerprint density at radius 2 is 0.657 bits per heavy atom. The molecule has 4 heterocycles. The summed E-state index contributed by atoms with van der Waals surface area (Å²) in [6.07, 6.45) is 49.7. The molecule has 67 heavy (non-hydrogen) atoms.